The lowest BCUT2D eigenvalue weighted by atomic mass is 10.0. The predicted molar refractivity (Wildman–Crippen MR) is 164 cm³/mol. The molecule has 0 unspecified atom stereocenters. The normalized spacial score (nSPS) is 19.2. The minimum absolute atomic E-state index is 0.115. The molecule has 6 rings (SSSR count). The maximum absolute atomic E-state index is 15.0. The molecule has 0 spiro atoms. The summed E-state index contributed by atoms with van der Waals surface area (Å²) in [5.74, 6) is 0.166. The van der Waals surface area contributed by atoms with E-state index in [-0.39, 0.29) is 36.4 Å². The highest BCUT2D eigenvalue weighted by atomic mass is 19.1. The van der Waals surface area contributed by atoms with E-state index in [0.29, 0.717) is 57.2 Å². The van der Waals surface area contributed by atoms with Crippen molar-refractivity contribution < 1.29 is 23.0 Å². The van der Waals surface area contributed by atoms with Gasteiger partial charge in [0.25, 0.3) is 0 Å². The maximum atomic E-state index is 15.0. The SMILES string of the molecule is [C-]#[N+]C[C@H]1CN(c2nc(OC[C@@H](C)OC3CC3)nc3c2CCN(c2cccc4cccc(F)c24)C3)CCN1C(=O)/C=C/CF. The Kier molecular flexibility index (Phi) is 8.89. The summed E-state index contributed by atoms with van der Waals surface area (Å²) < 4.78 is 39.8. The van der Waals surface area contributed by atoms with Crippen LogP contribution in [0.2, 0.25) is 0 Å². The van der Waals surface area contributed by atoms with Gasteiger partial charge in [-0.1, -0.05) is 24.3 Å². The molecule has 44 heavy (non-hydrogen) atoms. The Bertz CT molecular complexity index is 1580. The fraction of sp³-hybridized carbons (Fsp3) is 0.455. The molecule has 1 aliphatic carbocycles. The van der Waals surface area contributed by atoms with E-state index >= 15 is 4.39 Å². The van der Waals surface area contributed by atoms with Gasteiger partial charge in [-0.3, -0.25) is 4.79 Å². The largest absolute Gasteiger partial charge is 0.461 e. The molecule has 2 atom stereocenters. The van der Waals surface area contributed by atoms with Crippen molar-refractivity contribution in [1.82, 2.24) is 14.9 Å². The molecule has 3 aromatic rings. The zero-order valence-corrected chi connectivity index (χ0v) is 24.8. The minimum Gasteiger partial charge on any atom is -0.461 e. The van der Waals surface area contributed by atoms with Crippen molar-refractivity contribution in [3.63, 3.8) is 0 Å². The Balaban J connectivity index is 1.31. The second kappa shape index (κ2) is 13.1. The topological polar surface area (TPSA) is 75.4 Å². The number of ether oxygens (including phenoxy) is 2. The Labute approximate surface area is 255 Å². The van der Waals surface area contributed by atoms with Gasteiger partial charge in [0.15, 0.2) is 0 Å². The van der Waals surface area contributed by atoms with Crippen LogP contribution in [-0.2, 0) is 22.5 Å². The number of benzene rings is 2. The fourth-order valence-corrected chi connectivity index (χ4v) is 6.06. The molecule has 0 bridgehead atoms. The number of fused-ring (bicyclic) bond motifs is 2. The average molecular weight is 603 g/mol. The first-order valence-corrected chi connectivity index (χ1v) is 15.2. The van der Waals surface area contributed by atoms with Crippen molar-refractivity contribution in [3.8, 4) is 6.01 Å². The summed E-state index contributed by atoms with van der Waals surface area (Å²) >= 11 is 0. The Morgan fingerprint density at radius 2 is 1.98 bits per heavy atom. The van der Waals surface area contributed by atoms with E-state index in [4.69, 9.17) is 26.0 Å². The number of hydrogen-bond acceptors (Lipinski definition) is 7. The van der Waals surface area contributed by atoms with Crippen LogP contribution in [-0.4, -0.2) is 85.0 Å². The highest BCUT2D eigenvalue weighted by molar-refractivity contribution is 5.95. The Hall–Kier alpha value is -4.30. The fourth-order valence-electron chi connectivity index (χ4n) is 6.06. The lowest BCUT2D eigenvalue weighted by Crippen LogP contribution is -2.56. The van der Waals surface area contributed by atoms with E-state index in [0.717, 1.165) is 41.0 Å². The van der Waals surface area contributed by atoms with E-state index in [2.05, 4.69) is 14.6 Å². The highest BCUT2D eigenvalue weighted by Gasteiger charge is 2.35. The molecule has 9 nitrogen and oxygen atoms in total. The van der Waals surface area contributed by atoms with Crippen LogP contribution in [0, 0.1) is 12.4 Å². The van der Waals surface area contributed by atoms with Crippen molar-refractivity contribution in [2.45, 2.75) is 51.0 Å². The number of anilines is 2. The smallest absolute Gasteiger partial charge is 0.318 e. The van der Waals surface area contributed by atoms with Gasteiger partial charge in [0.05, 0.1) is 24.4 Å². The summed E-state index contributed by atoms with van der Waals surface area (Å²) in [6, 6.07) is 10.8. The summed E-state index contributed by atoms with van der Waals surface area (Å²) in [6.45, 7) is 11.5. The number of hydrogen-bond donors (Lipinski definition) is 0. The van der Waals surface area contributed by atoms with Crippen molar-refractivity contribution in [2.24, 2.45) is 0 Å². The molecule has 2 aromatic carbocycles. The third-order valence-corrected chi connectivity index (χ3v) is 8.31. The van der Waals surface area contributed by atoms with Crippen LogP contribution in [0.1, 0.15) is 31.0 Å². The van der Waals surface area contributed by atoms with Gasteiger partial charge in [0.2, 0.25) is 12.5 Å². The molecule has 11 heteroatoms. The van der Waals surface area contributed by atoms with E-state index in [1.165, 1.54) is 18.2 Å². The van der Waals surface area contributed by atoms with Crippen molar-refractivity contribution in [3.05, 3.63) is 77.0 Å². The second-order valence-corrected chi connectivity index (χ2v) is 11.5. The summed E-state index contributed by atoms with van der Waals surface area (Å²) in [5, 5.41) is 1.42. The van der Waals surface area contributed by atoms with E-state index in [9.17, 15) is 9.18 Å². The zero-order valence-electron chi connectivity index (χ0n) is 24.8. The van der Waals surface area contributed by atoms with E-state index in [1.54, 1.807) is 11.0 Å². The van der Waals surface area contributed by atoms with Crippen LogP contribution in [0.25, 0.3) is 15.6 Å². The molecular formula is C33H36F2N6O3. The first-order valence-electron chi connectivity index (χ1n) is 15.2. The molecule has 1 saturated heterocycles. The van der Waals surface area contributed by atoms with Crippen LogP contribution in [0.15, 0.2) is 48.6 Å². The van der Waals surface area contributed by atoms with Crippen LogP contribution in [0.4, 0.5) is 20.3 Å². The Morgan fingerprint density at radius 3 is 2.75 bits per heavy atom. The predicted octanol–water partition coefficient (Wildman–Crippen LogP) is 4.74. The van der Waals surface area contributed by atoms with Gasteiger partial charge < -0.3 is 29.0 Å². The molecule has 230 valence electrons. The first-order chi connectivity index (χ1) is 21.4. The highest BCUT2D eigenvalue weighted by Crippen LogP contribution is 2.36. The number of piperazine rings is 1. The van der Waals surface area contributed by atoms with Gasteiger partial charge in [-0.2, -0.15) is 9.97 Å². The zero-order chi connectivity index (χ0) is 30.6. The summed E-state index contributed by atoms with van der Waals surface area (Å²) in [7, 11) is 0. The van der Waals surface area contributed by atoms with Crippen LogP contribution >= 0.6 is 0 Å². The van der Waals surface area contributed by atoms with E-state index < -0.39 is 6.67 Å². The third-order valence-electron chi connectivity index (χ3n) is 8.31. The van der Waals surface area contributed by atoms with Gasteiger partial charge in [-0.05, 0) is 49.8 Å². The number of carbonyl (C=O) groups excluding carboxylic acids is 1. The molecule has 0 radical (unpaired) electrons. The number of allylic oxidation sites excluding steroid dienone is 1. The Morgan fingerprint density at radius 1 is 1.16 bits per heavy atom. The summed E-state index contributed by atoms with van der Waals surface area (Å²) in [4.78, 5) is 31.9. The van der Waals surface area contributed by atoms with Crippen molar-refractivity contribution in [1.29, 1.82) is 0 Å². The number of nitrogens with zero attached hydrogens (tertiary/aromatic N) is 6. The molecule has 3 aliphatic rings. The lowest BCUT2D eigenvalue weighted by molar-refractivity contribution is -0.128. The monoisotopic (exact) mass is 602 g/mol. The molecule has 1 saturated carbocycles. The van der Waals surface area contributed by atoms with Crippen LogP contribution < -0.4 is 14.5 Å². The molecule has 1 aromatic heterocycles. The molecule has 2 fully saturated rings. The quantitative estimate of drug-likeness (QED) is 0.245. The number of aromatic nitrogens is 2. The first kappa shape index (κ1) is 29.8. The van der Waals surface area contributed by atoms with Crippen molar-refractivity contribution >= 4 is 28.2 Å². The third kappa shape index (κ3) is 6.45. The number of carbonyl (C=O) groups is 1. The van der Waals surface area contributed by atoms with Crippen molar-refractivity contribution in [2.75, 3.05) is 55.8 Å². The molecule has 0 N–H and O–H groups in total. The number of amides is 1. The van der Waals surface area contributed by atoms with E-state index in [1.807, 2.05) is 31.2 Å². The number of rotatable bonds is 10. The lowest BCUT2D eigenvalue weighted by Gasteiger charge is -2.41. The number of halogens is 2. The second-order valence-electron chi connectivity index (χ2n) is 11.5. The summed E-state index contributed by atoms with van der Waals surface area (Å²) in [5.41, 5.74) is 2.59. The van der Waals surface area contributed by atoms with Crippen LogP contribution in [0.5, 0.6) is 6.01 Å². The number of alkyl halides is 1. The van der Waals surface area contributed by atoms with Gasteiger partial charge in [0, 0.05) is 48.9 Å². The molecule has 2 aliphatic heterocycles. The van der Waals surface area contributed by atoms with Gasteiger partial charge >= 0.3 is 6.01 Å². The van der Waals surface area contributed by atoms with Gasteiger partial charge in [-0.15, -0.1) is 0 Å². The average Bonchev–Trinajstić information content (AvgIpc) is 3.86. The summed E-state index contributed by atoms with van der Waals surface area (Å²) in [6.07, 6.45) is 5.37. The molecule has 1 amide bonds. The molecular weight excluding hydrogens is 566 g/mol. The van der Waals surface area contributed by atoms with Gasteiger partial charge in [0.1, 0.15) is 31.0 Å². The minimum atomic E-state index is -0.720. The molecule has 3 heterocycles. The van der Waals surface area contributed by atoms with Gasteiger partial charge in [-0.25, -0.2) is 15.4 Å². The maximum Gasteiger partial charge on any atom is 0.318 e. The standard InChI is InChI=1S/C33H36F2N6O3/c1-22(44-25-11-12-25)21-43-33-37-28-20-39(29-9-4-7-23-6-3-8-27(35)31(23)29)15-13-26(28)32(38-33)40-16-17-41(24(19-40)18-36-2)30(42)10-5-14-34/h3-10,22,24-25H,11-21H2,1H3/b10-5+/t22-,24+/m1/s1. The van der Waals surface area contributed by atoms with Crippen LogP contribution in [0.3, 0.4) is 0 Å².